The summed E-state index contributed by atoms with van der Waals surface area (Å²) in [5.74, 6) is 0.714. The maximum absolute atomic E-state index is 5.29. The van der Waals surface area contributed by atoms with Gasteiger partial charge in [0.05, 0.1) is 22.2 Å². The van der Waals surface area contributed by atoms with Gasteiger partial charge < -0.3 is 4.57 Å². The average Bonchev–Trinajstić information content (AvgIpc) is 3.74. The highest BCUT2D eigenvalue weighted by Crippen LogP contribution is 2.48. The highest BCUT2D eigenvalue weighted by atomic mass is 32.1. The molecule has 11 rings (SSSR count). The summed E-state index contributed by atoms with van der Waals surface area (Å²) < 4.78 is 5.10. The monoisotopic (exact) mass is 653 g/mol. The zero-order valence-electron chi connectivity index (χ0n) is 26.8. The number of para-hydroxylation sites is 2. The molecule has 0 radical (unpaired) electrons. The van der Waals surface area contributed by atoms with Gasteiger partial charge in [0.1, 0.15) is 0 Å². The van der Waals surface area contributed by atoms with Gasteiger partial charge in [-0.3, -0.25) is 0 Å². The van der Waals surface area contributed by atoms with E-state index in [9.17, 15) is 0 Å². The van der Waals surface area contributed by atoms with Crippen LogP contribution in [0.15, 0.2) is 164 Å². The van der Waals surface area contributed by atoms with E-state index in [4.69, 9.17) is 9.97 Å². The number of nitrogens with zero attached hydrogens (tertiary/aromatic N) is 3. The van der Waals surface area contributed by atoms with Gasteiger partial charge >= 0.3 is 0 Å². The lowest BCUT2D eigenvalue weighted by Gasteiger charge is -2.13. The number of rotatable bonds is 3. The summed E-state index contributed by atoms with van der Waals surface area (Å²) in [6.45, 7) is 0. The van der Waals surface area contributed by atoms with Gasteiger partial charge in [-0.1, -0.05) is 127 Å². The molecule has 4 heteroatoms. The SMILES string of the molecule is c1cc(-c2nc(-c3ccc4ccccc4c3)c3ccccc3n2)cc(-n2c3ccccc3c3c4sc5ccccc5c4c4ccccc4c32)c1. The second kappa shape index (κ2) is 10.6. The highest BCUT2D eigenvalue weighted by molar-refractivity contribution is 7.27. The van der Waals surface area contributed by atoms with Crippen LogP contribution in [0.4, 0.5) is 0 Å². The Bertz CT molecular complexity index is 3170. The zero-order chi connectivity index (χ0) is 32.8. The molecule has 8 aromatic carbocycles. The Morgan fingerprint density at radius 2 is 1.18 bits per heavy atom. The number of hydrogen-bond acceptors (Lipinski definition) is 3. The van der Waals surface area contributed by atoms with Crippen molar-refractivity contribution in [2.24, 2.45) is 0 Å². The van der Waals surface area contributed by atoms with E-state index in [-0.39, 0.29) is 0 Å². The molecule has 0 unspecified atom stereocenters. The molecule has 0 bridgehead atoms. The third kappa shape index (κ3) is 3.97. The molecule has 3 heterocycles. The van der Waals surface area contributed by atoms with E-state index >= 15 is 0 Å². The molecule has 3 aromatic heterocycles. The van der Waals surface area contributed by atoms with Crippen molar-refractivity contribution in [2.75, 3.05) is 0 Å². The summed E-state index contributed by atoms with van der Waals surface area (Å²) in [6.07, 6.45) is 0. The van der Waals surface area contributed by atoms with Crippen LogP contribution in [0.3, 0.4) is 0 Å². The minimum atomic E-state index is 0.714. The molecule has 50 heavy (non-hydrogen) atoms. The lowest BCUT2D eigenvalue weighted by molar-refractivity contribution is 1.17. The van der Waals surface area contributed by atoms with Gasteiger partial charge in [-0.25, -0.2) is 9.97 Å². The Morgan fingerprint density at radius 1 is 0.460 bits per heavy atom. The number of fused-ring (bicyclic) bond motifs is 12. The maximum atomic E-state index is 5.29. The van der Waals surface area contributed by atoms with Gasteiger partial charge in [0.25, 0.3) is 0 Å². The maximum Gasteiger partial charge on any atom is 0.160 e. The molecule has 0 aliphatic carbocycles. The minimum absolute atomic E-state index is 0.714. The first-order valence-electron chi connectivity index (χ1n) is 16.9. The second-order valence-corrected chi connectivity index (χ2v) is 14.0. The lowest BCUT2D eigenvalue weighted by atomic mass is 9.99. The normalized spacial score (nSPS) is 12.0. The van der Waals surface area contributed by atoms with Gasteiger partial charge in [-0.05, 0) is 52.6 Å². The van der Waals surface area contributed by atoms with E-state index in [1.165, 1.54) is 63.5 Å². The Morgan fingerprint density at radius 3 is 2.08 bits per heavy atom. The molecule has 0 saturated carbocycles. The van der Waals surface area contributed by atoms with Crippen molar-refractivity contribution in [1.29, 1.82) is 0 Å². The topological polar surface area (TPSA) is 30.7 Å². The lowest BCUT2D eigenvalue weighted by Crippen LogP contribution is -1.98. The van der Waals surface area contributed by atoms with Gasteiger partial charge in [-0.15, -0.1) is 11.3 Å². The van der Waals surface area contributed by atoms with E-state index in [0.717, 1.165) is 33.4 Å². The van der Waals surface area contributed by atoms with E-state index in [1.54, 1.807) is 0 Å². The van der Waals surface area contributed by atoms with Crippen molar-refractivity contribution in [3.8, 4) is 28.3 Å². The third-order valence-corrected chi connectivity index (χ3v) is 11.3. The van der Waals surface area contributed by atoms with Gasteiger partial charge in [0, 0.05) is 58.5 Å². The van der Waals surface area contributed by atoms with Crippen LogP contribution in [0, 0.1) is 0 Å². The molecule has 11 aromatic rings. The number of benzene rings is 8. The summed E-state index contributed by atoms with van der Waals surface area (Å²) in [5, 5.41) is 11.2. The Hall–Kier alpha value is -6.36. The van der Waals surface area contributed by atoms with Crippen LogP contribution in [0.5, 0.6) is 0 Å². The smallest absolute Gasteiger partial charge is 0.160 e. The number of hydrogen-bond donors (Lipinski definition) is 0. The summed E-state index contributed by atoms with van der Waals surface area (Å²) >= 11 is 1.90. The molecule has 0 atom stereocenters. The van der Waals surface area contributed by atoms with Crippen LogP contribution in [0.2, 0.25) is 0 Å². The fraction of sp³-hybridized carbons (Fsp3) is 0. The van der Waals surface area contributed by atoms with E-state index in [0.29, 0.717) is 5.82 Å². The molecular weight excluding hydrogens is 627 g/mol. The number of aromatic nitrogens is 3. The van der Waals surface area contributed by atoms with Crippen LogP contribution in [0.1, 0.15) is 0 Å². The molecule has 0 aliphatic heterocycles. The molecule has 0 spiro atoms. The van der Waals surface area contributed by atoms with E-state index in [1.807, 2.05) is 11.3 Å². The Balaban J connectivity index is 1.19. The van der Waals surface area contributed by atoms with Crippen molar-refractivity contribution >= 4 is 85.8 Å². The van der Waals surface area contributed by atoms with Gasteiger partial charge in [0.15, 0.2) is 5.82 Å². The first-order valence-corrected chi connectivity index (χ1v) is 17.7. The first kappa shape index (κ1) is 27.6. The largest absolute Gasteiger partial charge is 0.309 e. The first-order chi connectivity index (χ1) is 24.8. The Labute approximate surface area is 291 Å². The summed E-state index contributed by atoms with van der Waals surface area (Å²) in [5.41, 5.74) is 7.44. The predicted octanol–water partition coefficient (Wildman–Crippen LogP) is 12.7. The van der Waals surface area contributed by atoms with E-state index in [2.05, 4.69) is 168 Å². The number of thiophene rings is 1. The Kier molecular flexibility index (Phi) is 5.83. The van der Waals surface area contributed by atoms with Gasteiger partial charge in [-0.2, -0.15) is 0 Å². The fourth-order valence-electron chi connectivity index (χ4n) is 7.94. The minimum Gasteiger partial charge on any atom is -0.309 e. The van der Waals surface area contributed by atoms with Crippen molar-refractivity contribution in [2.45, 2.75) is 0 Å². The van der Waals surface area contributed by atoms with Crippen LogP contribution in [0.25, 0.3) is 103 Å². The van der Waals surface area contributed by atoms with Crippen molar-refractivity contribution < 1.29 is 0 Å². The third-order valence-electron chi connectivity index (χ3n) is 10.1. The molecular formula is C46H27N3S. The molecule has 0 aliphatic rings. The summed E-state index contributed by atoms with van der Waals surface area (Å²) in [6, 6.07) is 58.7. The van der Waals surface area contributed by atoms with Crippen molar-refractivity contribution in [1.82, 2.24) is 14.5 Å². The standard InChI is InChI=1S/C46H27N3S/c1-2-13-29-26-30(25-24-28(29)12-1)43-35-18-5-8-21-38(35)47-46(48-43)31-14-11-15-32(27-31)49-39-22-9-6-19-36(39)42-44(49)34-17-4-3-16-33(34)41-37-20-7-10-23-40(37)50-45(41)42/h1-27H. The van der Waals surface area contributed by atoms with Crippen LogP contribution < -0.4 is 0 Å². The van der Waals surface area contributed by atoms with E-state index < -0.39 is 0 Å². The predicted molar refractivity (Wildman–Crippen MR) is 213 cm³/mol. The molecule has 0 N–H and O–H groups in total. The van der Waals surface area contributed by atoms with Gasteiger partial charge in [0.2, 0.25) is 0 Å². The average molecular weight is 654 g/mol. The second-order valence-electron chi connectivity index (χ2n) is 12.9. The zero-order valence-corrected chi connectivity index (χ0v) is 27.7. The highest BCUT2D eigenvalue weighted by Gasteiger charge is 2.22. The molecule has 0 fully saturated rings. The molecule has 3 nitrogen and oxygen atoms in total. The summed E-state index contributed by atoms with van der Waals surface area (Å²) in [4.78, 5) is 10.4. The summed E-state index contributed by atoms with van der Waals surface area (Å²) in [7, 11) is 0. The molecule has 232 valence electrons. The van der Waals surface area contributed by atoms with Crippen LogP contribution >= 0.6 is 11.3 Å². The quantitative estimate of drug-likeness (QED) is 0.190. The fourth-order valence-corrected chi connectivity index (χ4v) is 9.21. The van der Waals surface area contributed by atoms with Crippen molar-refractivity contribution in [3.05, 3.63) is 164 Å². The molecule has 0 amide bonds. The van der Waals surface area contributed by atoms with Crippen LogP contribution in [-0.2, 0) is 0 Å². The van der Waals surface area contributed by atoms with Crippen molar-refractivity contribution in [3.63, 3.8) is 0 Å². The van der Waals surface area contributed by atoms with Crippen LogP contribution in [-0.4, -0.2) is 14.5 Å². The molecule has 0 saturated heterocycles.